The molecule has 2 aliphatic carbocycles. The molecule has 0 bridgehead atoms. The fourth-order valence-electron chi connectivity index (χ4n) is 8.02. The maximum Gasteiger partial charge on any atom is 0.135 e. The summed E-state index contributed by atoms with van der Waals surface area (Å²) in [6, 6.07) is 0. The van der Waals surface area contributed by atoms with Gasteiger partial charge in [0.15, 0.2) is 0 Å². The second-order valence-corrected chi connectivity index (χ2v) is 12.8. The van der Waals surface area contributed by atoms with Crippen LogP contribution < -0.4 is 0 Å². The first-order valence-corrected chi connectivity index (χ1v) is 16.4. The van der Waals surface area contributed by atoms with Crippen molar-refractivity contribution in [3.63, 3.8) is 0 Å². The Labute approximate surface area is 230 Å². The second-order valence-electron chi connectivity index (χ2n) is 12.8. The molecule has 0 amide bonds. The summed E-state index contributed by atoms with van der Waals surface area (Å²) >= 11 is 0. The lowest BCUT2D eigenvalue weighted by Gasteiger charge is -2.51. The Balaban J connectivity index is 1.91. The molecule has 2 aliphatic rings. The van der Waals surface area contributed by atoms with Gasteiger partial charge < -0.3 is 9.99 Å². The lowest BCUT2D eigenvalue weighted by molar-refractivity contribution is -0.205. The summed E-state index contributed by atoms with van der Waals surface area (Å²) in [5.74, 6) is 6.60. The Bertz CT molecular complexity index is 614. The minimum atomic E-state index is 0.345. The van der Waals surface area contributed by atoms with Crippen LogP contribution in [0.25, 0.3) is 0 Å². The lowest BCUT2D eigenvalue weighted by Crippen LogP contribution is -2.41. The van der Waals surface area contributed by atoms with E-state index < -0.39 is 0 Å². The number of aliphatic hydroxyl groups excluding tert-OH is 1. The Hall–Kier alpha value is -0.960. The molecule has 2 saturated carbocycles. The zero-order valence-corrected chi connectivity index (χ0v) is 24.7. The molecule has 2 N–H and O–H groups in total. The van der Waals surface area contributed by atoms with Crippen LogP contribution in [0.3, 0.4) is 0 Å². The lowest BCUT2D eigenvalue weighted by atomic mass is 9.55. The summed E-state index contributed by atoms with van der Waals surface area (Å²) in [5.41, 5.74) is 0. The quantitative estimate of drug-likeness (QED) is 0.0687. The van der Waals surface area contributed by atoms with Crippen LogP contribution in [0.5, 0.6) is 0 Å². The number of fused-ring (bicyclic) bond motifs is 1. The molecule has 2 fully saturated rings. The normalized spacial score (nSPS) is 27.5. The molecule has 0 radical (unpaired) electrons. The van der Waals surface area contributed by atoms with Crippen LogP contribution in [-0.4, -0.2) is 10.4 Å². The van der Waals surface area contributed by atoms with E-state index in [9.17, 15) is 5.11 Å². The number of rotatable bonds is 21. The van der Waals surface area contributed by atoms with E-state index in [1.165, 1.54) is 116 Å². The van der Waals surface area contributed by atoms with Gasteiger partial charge in [0, 0.05) is 12.8 Å². The molecule has 0 aromatic rings. The highest BCUT2D eigenvalue weighted by molar-refractivity contribution is 4.94. The van der Waals surface area contributed by atoms with E-state index in [4.69, 9.17) is 5.26 Å². The fourth-order valence-corrected chi connectivity index (χ4v) is 8.02. The number of aliphatic hydroxyl groups is 1. The van der Waals surface area contributed by atoms with Crippen LogP contribution in [-0.2, 0) is 4.89 Å². The van der Waals surface area contributed by atoms with Crippen molar-refractivity contribution in [1.82, 2.24) is 0 Å². The number of hydrogen-bond donors (Lipinski definition) is 2. The average Bonchev–Trinajstić information content (AvgIpc) is 2.90. The maximum atomic E-state index is 9.35. The van der Waals surface area contributed by atoms with Gasteiger partial charge in [-0.15, -0.1) is 0 Å². The third kappa shape index (κ3) is 12.2. The van der Waals surface area contributed by atoms with Crippen LogP contribution in [0.4, 0.5) is 0 Å². The maximum absolute atomic E-state index is 9.35. The van der Waals surface area contributed by atoms with Gasteiger partial charge in [0.25, 0.3) is 0 Å². The molecule has 3 heteroatoms. The van der Waals surface area contributed by atoms with Gasteiger partial charge in [0.2, 0.25) is 0 Å². The first-order chi connectivity index (χ1) is 18.0. The Kier molecular flexibility index (Phi) is 16.7. The van der Waals surface area contributed by atoms with Gasteiger partial charge in [0.05, 0.1) is 5.76 Å². The summed E-state index contributed by atoms with van der Waals surface area (Å²) in [6.07, 6.45) is 28.8. The third-order valence-electron chi connectivity index (χ3n) is 10.1. The van der Waals surface area contributed by atoms with Gasteiger partial charge in [-0.3, -0.25) is 0 Å². The first-order valence-electron chi connectivity index (χ1n) is 16.4. The molecule has 6 unspecified atom stereocenters. The Morgan fingerprint density at radius 1 is 0.703 bits per heavy atom. The molecule has 0 heterocycles. The van der Waals surface area contributed by atoms with Crippen LogP contribution in [0.15, 0.2) is 24.7 Å². The van der Waals surface area contributed by atoms with E-state index in [0.717, 1.165) is 61.2 Å². The predicted octanol–water partition coefficient (Wildman–Crippen LogP) is 11.4. The van der Waals surface area contributed by atoms with Crippen LogP contribution in [0, 0.1) is 35.5 Å². The van der Waals surface area contributed by atoms with E-state index in [2.05, 4.69) is 31.9 Å². The molecule has 6 atom stereocenters. The summed E-state index contributed by atoms with van der Waals surface area (Å²) in [6.45, 7) is 12.2. The van der Waals surface area contributed by atoms with Crippen molar-refractivity contribution in [2.24, 2.45) is 35.5 Å². The molecule has 0 aromatic carbocycles. The van der Waals surface area contributed by atoms with Crippen molar-refractivity contribution in [2.45, 2.75) is 155 Å². The molecule has 0 aliphatic heterocycles. The smallest absolute Gasteiger partial charge is 0.135 e. The van der Waals surface area contributed by atoms with Gasteiger partial charge in [-0.1, -0.05) is 110 Å². The summed E-state index contributed by atoms with van der Waals surface area (Å²) in [4.78, 5) is 4.25. The van der Waals surface area contributed by atoms with Gasteiger partial charge in [-0.05, 0) is 80.5 Å². The zero-order chi connectivity index (χ0) is 26.9. The van der Waals surface area contributed by atoms with Crippen molar-refractivity contribution in [2.75, 3.05) is 0 Å². The Morgan fingerprint density at radius 3 is 1.97 bits per heavy atom. The molecule has 216 valence electrons. The van der Waals surface area contributed by atoms with Gasteiger partial charge >= 0.3 is 0 Å². The molecule has 3 nitrogen and oxygen atoms in total. The van der Waals surface area contributed by atoms with Crippen LogP contribution in [0.2, 0.25) is 0 Å². The summed E-state index contributed by atoms with van der Waals surface area (Å²) < 4.78 is 0. The van der Waals surface area contributed by atoms with Gasteiger partial charge in [-0.2, -0.15) is 0 Å². The van der Waals surface area contributed by atoms with Crippen molar-refractivity contribution in [3.05, 3.63) is 24.7 Å². The van der Waals surface area contributed by atoms with Crippen molar-refractivity contribution in [3.8, 4) is 0 Å². The van der Waals surface area contributed by atoms with Crippen LogP contribution in [0.1, 0.15) is 155 Å². The molecule has 0 aromatic heterocycles. The fraction of sp³-hybridized carbons (Fsp3) is 0.882. The van der Waals surface area contributed by atoms with Gasteiger partial charge in [0.1, 0.15) is 5.76 Å². The minimum absolute atomic E-state index is 0.345. The van der Waals surface area contributed by atoms with E-state index in [1.807, 2.05) is 0 Å². The third-order valence-corrected chi connectivity index (χ3v) is 10.1. The van der Waals surface area contributed by atoms with E-state index in [-0.39, 0.29) is 0 Å². The van der Waals surface area contributed by atoms with Crippen molar-refractivity contribution < 1.29 is 15.3 Å². The van der Waals surface area contributed by atoms with E-state index >= 15 is 0 Å². The van der Waals surface area contributed by atoms with Crippen molar-refractivity contribution >= 4 is 0 Å². The van der Waals surface area contributed by atoms with Gasteiger partial charge in [-0.25, -0.2) is 5.26 Å². The standard InChI is InChI=1S/C34H62O3/c1-5-7-8-15-21-31-25-32-24-23-30(20-16-11-9-13-18-27(3)35)33(34(32)26-29(31)6-2)22-17-12-10-14-19-28(4)37-36/h29-36H,3-26H2,1-2H3. The highest BCUT2D eigenvalue weighted by Crippen LogP contribution is 2.53. The monoisotopic (exact) mass is 518 g/mol. The first kappa shape index (κ1) is 32.3. The summed E-state index contributed by atoms with van der Waals surface area (Å²) in [5, 5.41) is 18.1. The molecule has 0 spiro atoms. The molecule has 37 heavy (non-hydrogen) atoms. The SMILES string of the molecule is C=C(O)CCCCCCC1CCC2CC(CCCCCC)C(CC)CC2C1CCCCCCC(=C)OO. The van der Waals surface area contributed by atoms with Crippen molar-refractivity contribution in [1.29, 1.82) is 0 Å². The molecule has 0 saturated heterocycles. The van der Waals surface area contributed by atoms with E-state index in [1.54, 1.807) is 0 Å². The minimum Gasteiger partial charge on any atom is -0.513 e. The molecular formula is C34H62O3. The second kappa shape index (κ2) is 19.2. The largest absolute Gasteiger partial charge is 0.513 e. The molecular weight excluding hydrogens is 456 g/mol. The number of unbranched alkanes of at least 4 members (excludes halogenated alkanes) is 9. The zero-order valence-electron chi connectivity index (χ0n) is 24.7. The summed E-state index contributed by atoms with van der Waals surface area (Å²) in [7, 11) is 0. The highest BCUT2D eigenvalue weighted by Gasteiger charge is 2.44. The Morgan fingerprint density at radius 2 is 1.32 bits per heavy atom. The van der Waals surface area contributed by atoms with Crippen LogP contribution >= 0.6 is 0 Å². The topological polar surface area (TPSA) is 49.7 Å². The predicted molar refractivity (Wildman–Crippen MR) is 158 cm³/mol. The number of allylic oxidation sites excluding steroid dienone is 2. The number of hydrogen-bond acceptors (Lipinski definition) is 3. The average molecular weight is 519 g/mol. The molecule has 2 rings (SSSR count). The van der Waals surface area contributed by atoms with E-state index in [0.29, 0.717) is 11.5 Å². The highest BCUT2D eigenvalue weighted by atomic mass is 17.1.